The van der Waals surface area contributed by atoms with Crippen LogP contribution in [0.4, 0.5) is 0 Å². The largest absolute Gasteiger partial charge is 0.351 e. The second-order valence-electron chi connectivity index (χ2n) is 7.39. The minimum Gasteiger partial charge on any atom is -0.351 e. The number of hydrogen-bond donors (Lipinski definition) is 1. The zero-order valence-corrected chi connectivity index (χ0v) is 18.6. The monoisotopic (exact) mass is 452 g/mol. The van der Waals surface area contributed by atoms with Crippen molar-refractivity contribution < 1.29 is 9.59 Å². The summed E-state index contributed by atoms with van der Waals surface area (Å²) in [7, 11) is 0. The average Bonchev–Trinajstić information content (AvgIpc) is 3.11. The fourth-order valence-electron chi connectivity index (χ4n) is 3.79. The summed E-state index contributed by atoms with van der Waals surface area (Å²) in [5.74, 6) is -0.600. The molecule has 7 heteroatoms. The van der Waals surface area contributed by atoms with Crippen LogP contribution in [0.3, 0.4) is 0 Å². The SMILES string of the molecule is O=C(NC1CCCCCC1)C(c1ccc(Cl)cc1)N(Cc1cccs1)C(=O)CCl. The predicted molar refractivity (Wildman–Crippen MR) is 119 cm³/mol. The second-order valence-corrected chi connectivity index (χ2v) is 9.12. The van der Waals surface area contributed by atoms with Crippen LogP contribution < -0.4 is 5.32 Å². The Bertz CT molecular complexity index is 788. The summed E-state index contributed by atoms with van der Waals surface area (Å²) in [5.41, 5.74) is 0.732. The maximum Gasteiger partial charge on any atom is 0.247 e. The lowest BCUT2D eigenvalue weighted by Gasteiger charge is -2.32. The van der Waals surface area contributed by atoms with Crippen molar-refractivity contribution in [2.24, 2.45) is 0 Å². The third-order valence-electron chi connectivity index (χ3n) is 5.29. The summed E-state index contributed by atoms with van der Waals surface area (Å²) in [6.45, 7) is 0.342. The molecule has 156 valence electrons. The van der Waals surface area contributed by atoms with Gasteiger partial charge < -0.3 is 10.2 Å². The normalized spacial score (nSPS) is 16.1. The smallest absolute Gasteiger partial charge is 0.247 e. The number of carbonyl (C=O) groups is 2. The van der Waals surface area contributed by atoms with Crippen LogP contribution in [-0.2, 0) is 16.1 Å². The molecular weight excluding hydrogens is 427 g/mol. The Morgan fingerprint density at radius 3 is 2.38 bits per heavy atom. The molecule has 1 unspecified atom stereocenters. The molecule has 1 saturated carbocycles. The molecule has 2 amide bonds. The Balaban J connectivity index is 1.90. The summed E-state index contributed by atoms with van der Waals surface area (Å²) >= 11 is 13.5. The molecule has 2 aromatic rings. The van der Waals surface area contributed by atoms with Crippen molar-refractivity contribution in [1.29, 1.82) is 0 Å². The summed E-state index contributed by atoms with van der Waals surface area (Å²) in [6, 6.07) is 10.4. The lowest BCUT2D eigenvalue weighted by molar-refractivity contribution is -0.140. The van der Waals surface area contributed by atoms with Crippen LogP contribution in [0, 0.1) is 0 Å². The van der Waals surface area contributed by atoms with E-state index in [0.29, 0.717) is 11.6 Å². The molecule has 0 bridgehead atoms. The van der Waals surface area contributed by atoms with Crippen LogP contribution in [0.5, 0.6) is 0 Å². The number of hydrogen-bond acceptors (Lipinski definition) is 3. The number of nitrogens with one attached hydrogen (secondary N) is 1. The second kappa shape index (κ2) is 11.0. The van der Waals surface area contributed by atoms with E-state index < -0.39 is 6.04 Å². The zero-order valence-electron chi connectivity index (χ0n) is 16.3. The number of halogens is 2. The molecule has 4 nitrogen and oxygen atoms in total. The number of amides is 2. The maximum absolute atomic E-state index is 13.4. The first-order chi connectivity index (χ1) is 14.1. The maximum atomic E-state index is 13.4. The molecule has 1 atom stereocenters. The van der Waals surface area contributed by atoms with Gasteiger partial charge in [-0.25, -0.2) is 0 Å². The Morgan fingerprint density at radius 2 is 1.79 bits per heavy atom. The molecule has 0 saturated heterocycles. The van der Waals surface area contributed by atoms with Gasteiger partial charge in [0.25, 0.3) is 0 Å². The molecule has 1 aliphatic carbocycles. The quantitative estimate of drug-likeness (QED) is 0.442. The third kappa shape index (κ3) is 6.21. The van der Waals surface area contributed by atoms with Crippen LogP contribution in [0.25, 0.3) is 0 Å². The molecule has 1 N–H and O–H groups in total. The van der Waals surface area contributed by atoms with E-state index in [9.17, 15) is 9.59 Å². The van der Waals surface area contributed by atoms with Crippen LogP contribution in [0.15, 0.2) is 41.8 Å². The molecule has 1 aromatic carbocycles. The molecule has 0 spiro atoms. The predicted octanol–water partition coefficient (Wildman–Crippen LogP) is 5.55. The van der Waals surface area contributed by atoms with E-state index in [-0.39, 0.29) is 23.7 Å². The minimum atomic E-state index is -0.746. The van der Waals surface area contributed by atoms with Crippen molar-refractivity contribution in [2.45, 2.75) is 57.2 Å². The molecular formula is C22H26Cl2N2O2S. The van der Waals surface area contributed by atoms with Gasteiger partial charge in [-0.2, -0.15) is 0 Å². The van der Waals surface area contributed by atoms with E-state index in [2.05, 4.69) is 5.32 Å². The van der Waals surface area contributed by atoms with Gasteiger partial charge in [-0.15, -0.1) is 22.9 Å². The number of nitrogens with zero attached hydrogens (tertiary/aromatic N) is 1. The van der Waals surface area contributed by atoms with Gasteiger partial charge >= 0.3 is 0 Å². The van der Waals surface area contributed by atoms with Crippen molar-refractivity contribution >= 4 is 46.4 Å². The van der Waals surface area contributed by atoms with Crippen LogP contribution >= 0.6 is 34.5 Å². The zero-order chi connectivity index (χ0) is 20.6. The first kappa shape index (κ1) is 22.1. The summed E-state index contributed by atoms with van der Waals surface area (Å²) in [4.78, 5) is 28.8. The lowest BCUT2D eigenvalue weighted by atomic mass is 10.0. The van der Waals surface area contributed by atoms with E-state index in [4.69, 9.17) is 23.2 Å². The number of benzene rings is 1. The molecule has 0 aliphatic heterocycles. The Hall–Kier alpha value is -1.56. The van der Waals surface area contributed by atoms with Crippen LogP contribution in [-0.4, -0.2) is 28.6 Å². The summed E-state index contributed by atoms with van der Waals surface area (Å²) in [5, 5.41) is 5.75. The van der Waals surface area contributed by atoms with Crippen molar-refractivity contribution in [3.63, 3.8) is 0 Å². The van der Waals surface area contributed by atoms with Crippen molar-refractivity contribution in [3.8, 4) is 0 Å². The Kier molecular flexibility index (Phi) is 8.40. The number of thiophene rings is 1. The van der Waals surface area contributed by atoms with E-state index in [0.717, 1.165) is 36.1 Å². The van der Waals surface area contributed by atoms with E-state index >= 15 is 0 Å². The van der Waals surface area contributed by atoms with Gasteiger partial charge in [-0.05, 0) is 42.0 Å². The Labute approximate surface area is 186 Å². The fourth-order valence-corrected chi connectivity index (χ4v) is 4.77. The number of alkyl halides is 1. The lowest BCUT2D eigenvalue weighted by Crippen LogP contribution is -2.46. The van der Waals surface area contributed by atoms with E-state index in [1.54, 1.807) is 28.4 Å². The Morgan fingerprint density at radius 1 is 1.10 bits per heavy atom. The van der Waals surface area contributed by atoms with Crippen LogP contribution in [0.1, 0.15) is 55.0 Å². The highest BCUT2D eigenvalue weighted by atomic mass is 35.5. The molecule has 1 aliphatic rings. The van der Waals surface area contributed by atoms with Gasteiger partial charge in [0.15, 0.2) is 0 Å². The standard InChI is InChI=1S/C22H26Cl2N2O2S/c23-14-20(27)26(15-19-8-5-13-29-19)21(16-9-11-17(24)12-10-16)22(28)25-18-6-3-1-2-4-7-18/h5,8-13,18,21H,1-4,6-7,14-15H2,(H,25,28). The van der Waals surface area contributed by atoms with E-state index in [1.165, 1.54) is 12.8 Å². The van der Waals surface area contributed by atoms with Gasteiger partial charge in [0, 0.05) is 15.9 Å². The van der Waals surface area contributed by atoms with Gasteiger partial charge in [0.2, 0.25) is 11.8 Å². The molecule has 3 rings (SSSR count). The van der Waals surface area contributed by atoms with Crippen molar-refractivity contribution in [3.05, 3.63) is 57.2 Å². The third-order valence-corrected chi connectivity index (χ3v) is 6.63. The summed E-state index contributed by atoms with van der Waals surface area (Å²) < 4.78 is 0. The first-order valence-electron chi connectivity index (χ1n) is 10.0. The number of carbonyl (C=O) groups excluding carboxylic acids is 2. The van der Waals surface area contributed by atoms with Crippen LogP contribution in [0.2, 0.25) is 5.02 Å². The molecule has 1 heterocycles. The molecule has 1 fully saturated rings. The van der Waals surface area contributed by atoms with E-state index in [1.807, 2.05) is 29.6 Å². The molecule has 29 heavy (non-hydrogen) atoms. The molecule has 0 radical (unpaired) electrons. The number of rotatable bonds is 7. The van der Waals surface area contributed by atoms with Gasteiger partial charge in [-0.3, -0.25) is 9.59 Å². The highest BCUT2D eigenvalue weighted by Gasteiger charge is 2.32. The highest BCUT2D eigenvalue weighted by Crippen LogP contribution is 2.28. The first-order valence-corrected chi connectivity index (χ1v) is 11.8. The highest BCUT2D eigenvalue weighted by molar-refractivity contribution is 7.09. The minimum absolute atomic E-state index is 0.148. The van der Waals surface area contributed by atoms with Gasteiger partial charge in [-0.1, -0.05) is 55.5 Å². The van der Waals surface area contributed by atoms with Gasteiger partial charge in [0.1, 0.15) is 11.9 Å². The fraction of sp³-hybridized carbons (Fsp3) is 0.455. The van der Waals surface area contributed by atoms with Crippen molar-refractivity contribution in [1.82, 2.24) is 10.2 Å². The van der Waals surface area contributed by atoms with Crippen molar-refractivity contribution in [2.75, 3.05) is 5.88 Å². The average molecular weight is 453 g/mol. The summed E-state index contributed by atoms with van der Waals surface area (Å²) in [6.07, 6.45) is 6.62. The molecule has 1 aromatic heterocycles. The topological polar surface area (TPSA) is 49.4 Å². The van der Waals surface area contributed by atoms with Gasteiger partial charge in [0.05, 0.1) is 6.54 Å².